The monoisotopic (exact) mass is 354 g/mol. The van der Waals surface area contributed by atoms with Crippen molar-refractivity contribution in [2.24, 2.45) is 11.7 Å². The molecule has 6 heteroatoms. The van der Waals surface area contributed by atoms with Crippen LogP contribution in [0.4, 0.5) is 0 Å². The highest BCUT2D eigenvalue weighted by Gasteiger charge is 2.31. The summed E-state index contributed by atoms with van der Waals surface area (Å²) in [6.07, 6.45) is 3.56. The van der Waals surface area contributed by atoms with Gasteiger partial charge in [-0.25, -0.2) is 0 Å². The van der Waals surface area contributed by atoms with Gasteiger partial charge in [0.2, 0.25) is 0 Å². The fraction of sp³-hybridized carbons (Fsp3) is 0.500. The first-order valence-corrected chi connectivity index (χ1v) is 7.99. The van der Waals surface area contributed by atoms with E-state index >= 15 is 0 Å². The number of hydrogen-bond donors (Lipinski definition) is 1. The molecule has 0 bridgehead atoms. The van der Waals surface area contributed by atoms with E-state index in [-0.39, 0.29) is 31.0 Å². The van der Waals surface area contributed by atoms with Gasteiger partial charge in [-0.15, -0.1) is 19.0 Å². The van der Waals surface area contributed by atoms with E-state index in [4.69, 9.17) is 15.2 Å². The largest absolute Gasteiger partial charge is 0.493 e. The molecule has 2 N–H and O–H groups in total. The fourth-order valence-electron chi connectivity index (χ4n) is 3.01. The van der Waals surface area contributed by atoms with Crippen LogP contribution in [-0.4, -0.2) is 43.7 Å². The Labute approximate surface area is 150 Å². The Morgan fingerprint density at radius 1 is 1.46 bits per heavy atom. The number of amides is 1. The molecule has 5 nitrogen and oxygen atoms in total. The van der Waals surface area contributed by atoms with E-state index in [0.29, 0.717) is 24.0 Å². The molecule has 0 radical (unpaired) electrons. The summed E-state index contributed by atoms with van der Waals surface area (Å²) in [5, 5.41) is 0. The maximum atomic E-state index is 12.4. The highest BCUT2D eigenvalue weighted by molar-refractivity contribution is 5.85. The Kier molecular flexibility index (Phi) is 8.08. The molecular weight excluding hydrogens is 328 g/mol. The van der Waals surface area contributed by atoms with Gasteiger partial charge in [0.15, 0.2) is 18.1 Å². The van der Waals surface area contributed by atoms with Crippen LogP contribution < -0.4 is 15.2 Å². The molecule has 2 unspecified atom stereocenters. The van der Waals surface area contributed by atoms with E-state index in [1.54, 1.807) is 7.11 Å². The average molecular weight is 355 g/mol. The molecular formula is C18H27ClN2O3. The standard InChI is InChI=1S/C18H26N2O3.ClH/c1-4-5-14-6-7-16(17(9-14)22-3)23-12-18(21)20-11-15(10-19)8-13(20)2;/h4,6-7,9,13,15H,1,5,8,10-12,19H2,2-3H3;1H. The summed E-state index contributed by atoms with van der Waals surface area (Å²) < 4.78 is 11.0. The zero-order valence-corrected chi connectivity index (χ0v) is 15.2. The molecule has 0 aliphatic carbocycles. The summed E-state index contributed by atoms with van der Waals surface area (Å²) >= 11 is 0. The van der Waals surface area contributed by atoms with Gasteiger partial charge in [-0.3, -0.25) is 4.79 Å². The van der Waals surface area contributed by atoms with Gasteiger partial charge in [-0.05, 0) is 49.9 Å². The van der Waals surface area contributed by atoms with Crippen LogP contribution in [0.5, 0.6) is 11.5 Å². The van der Waals surface area contributed by atoms with Gasteiger partial charge < -0.3 is 20.1 Å². The zero-order valence-electron chi connectivity index (χ0n) is 14.4. The predicted molar refractivity (Wildman–Crippen MR) is 98.0 cm³/mol. The molecule has 2 rings (SSSR count). The molecule has 1 amide bonds. The second-order valence-electron chi connectivity index (χ2n) is 6.00. The molecule has 1 aliphatic heterocycles. The Hall–Kier alpha value is -1.72. The smallest absolute Gasteiger partial charge is 0.260 e. The van der Waals surface area contributed by atoms with E-state index in [9.17, 15) is 4.79 Å². The Morgan fingerprint density at radius 2 is 2.21 bits per heavy atom. The normalized spacial score (nSPS) is 19.5. The van der Waals surface area contributed by atoms with Gasteiger partial charge in [0.25, 0.3) is 5.91 Å². The third-order valence-electron chi connectivity index (χ3n) is 4.27. The van der Waals surface area contributed by atoms with Crippen molar-refractivity contribution in [2.45, 2.75) is 25.8 Å². The molecule has 0 aromatic heterocycles. The Balaban J connectivity index is 0.00000288. The molecule has 24 heavy (non-hydrogen) atoms. The zero-order chi connectivity index (χ0) is 16.8. The summed E-state index contributed by atoms with van der Waals surface area (Å²) in [6.45, 7) is 7.13. The van der Waals surface area contributed by atoms with Gasteiger partial charge in [0, 0.05) is 12.6 Å². The maximum absolute atomic E-state index is 12.4. The topological polar surface area (TPSA) is 64.8 Å². The van der Waals surface area contributed by atoms with Crippen LogP contribution in [0, 0.1) is 5.92 Å². The minimum absolute atomic E-state index is 0. The number of halogens is 1. The first-order chi connectivity index (χ1) is 11.1. The van der Waals surface area contributed by atoms with Crippen molar-refractivity contribution in [1.29, 1.82) is 0 Å². The fourth-order valence-corrected chi connectivity index (χ4v) is 3.01. The summed E-state index contributed by atoms with van der Waals surface area (Å²) in [5.74, 6) is 1.59. The first kappa shape index (κ1) is 20.3. The molecule has 1 aliphatic rings. The molecule has 1 fully saturated rings. The first-order valence-electron chi connectivity index (χ1n) is 7.99. The van der Waals surface area contributed by atoms with Crippen LogP contribution in [0.1, 0.15) is 18.9 Å². The lowest BCUT2D eigenvalue weighted by atomic mass is 10.1. The van der Waals surface area contributed by atoms with Crippen LogP contribution >= 0.6 is 12.4 Å². The number of benzene rings is 1. The molecule has 1 aromatic rings. The molecule has 1 saturated heterocycles. The van der Waals surface area contributed by atoms with Gasteiger partial charge in [0.1, 0.15) is 0 Å². The number of nitrogens with zero attached hydrogens (tertiary/aromatic N) is 1. The molecule has 1 aromatic carbocycles. The number of likely N-dealkylation sites (tertiary alicyclic amines) is 1. The van der Waals surface area contributed by atoms with Crippen LogP contribution in [0.3, 0.4) is 0 Å². The number of hydrogen-bond acceptors (Lipinski definition) is 4. The average Bonchev–Trinajstić information content (AvgIpc) is 2.94. The second-order valence-corrected chi connectivity index (χ2v) is 6.00. The van der Waals surface area contributed by atoms with Crippen molar-refractivity contribution in [3.8, 4) is 11.5 Å². The number of nitrogens with two attached hydrogens (primary N) is 1. The molecule has 0 saturated carbocycles. The maximum Gasteiger partial charge on any atom is 0.260 e. The van der Waals surface area contributed by atoms with E-state index in [2.05, 4.69) is 13.5 Å². The quantitative estimate of drug-likeness (QED) is 0.764. The number of allylic oxidation sites excluding steroid dienone is 1. The minimum Gasteiger partial charge on any atom is -0.493 e. The Morgan fingerprint density at radius 3 is 2.79 bits per heavy atom. The number of rotatable bonds is 7. The van der Waals surface area contributed by atoms with Gasteiger partial charge in [-0.2, -0.15) is 0 Å². The number of methoxy groups -OCH3 is 1. The highest BCUT2D eigenvalue weighted by Crippen LogP contribution is 2.29. The number of carbonyl (C=O) groups excluding carboxylic acids is 1. The van der Waals surface area contributed by atoms with E-state index in [1.165, 1.54) is 0 Å². The van der Waals surface area contributed by atoms with Crippen LogP contribution in [0.25, 0.3) is 0 Å². The summed E-state index contributed by atoms with van der Waals surface area (Å²) in [7, 11) is 1.59. The van der Waals surface area contributed by atoms with Crippen LogP contribution in [0.15, 0.2) is 30.9 Å². The number of carbonyl (C=O) groups is 1. The van der Waals surface area contributed by atoms with Crippen LogP contribution in [-0.2, 0) is 11.2 Å². The van der Waals surface area contributed by atoms with Crippen molar-refractivity contribution in [3.05, 3.63) is 36.4 Å². The SMILES string of the molecule is C=CCc1ccc(OCC(=O)N2CC(CN)CC2C)c(OC)c1.Cl. The van der Waals surface area contributed by atoms with Crippen molar-refractivity contribution in [1.82, 2.24) is 4.90 Å². The lowest BCUT2D eigenvalue weighted by Crippen LogP contribution is -2.37. The minimum atomic E-state index is -0.00864. The summed E-state index contributed by atoms with van der Waals surface area (Å²) in [6, 6.07) is 5.91. The molecule has 1 heterocycles. The molecule has 134 valence electrons. The molecule has 2 atom stereocenters. The highest BCUT2D eigenvalue weighted by atomic mass is 35.5. The predicted octanol–water partition coefficient (Wildman–Crippen LogP) is 2.42. The summed E-state index contributed by atoms with van der Waals surface area (Å²) in [4.78, 5) is 14.2. The van der Waals surface area contributed by atoms with Crippen molar-refractivity contribution in [3.63, 3.8) is 0 Å². The van der Waals surface area contributed by atoms with Crippen LogP contribution in [0.2, 0.25) is 0 Å². The van der Waals surface area contributed by atoms with E-state index in [1.807, 2.05) is 29.2 Å². The van der Waals surface area contributed by atoms with Crippen molar-refractivity contribution in [2.75, 3.05) is 26.8 Å². The van der Waals surface area contributed by atoms with Gasteiger partial charge >= 0.3 is 0 Å². The third-order valence-corrected chi connectivity index (χ3v) is 4.27. The third kappa shape index (κ3) is 4.89. The molecule has 0 spiro atoms. The lowest BCUT2D eigenvalue weighted by Gasteiger charge is -2.22. The van der Waals surface area contributed by atoms with Crippen molar-refractivity contribution < 1.29 is 14.3 Å². The number of ether oxygens (including phenoxy) is 2. The summed E-state index contributed by atoms with van der Waals surface area (Å²) in [5.41, 5.74) is 6.80. The van der Waals surface area contributed by atoms with Gasteiger partial charge in [0.05, 0.1) is 7.11 Å². The lowest BCUT2D eigenvalue weighted by molar-refractivity contribution is -0.134. The van der Waals surface area contributed by atoms with E-state index < -0.39 is 0 Å². The van der Waals surface area contributed by atoms with Gasteiger partial charge in [-0.1, -0.05) is 12.1 Å². The van der Waals surface area contributed by atoms with Crippen molar-refractivity contribution >= 4 is 18.3 Å². The van der Waals surface area contributed by atoms with E-state index in [0.717, 1.165) is 24.9 Å². The Bertz CT molecular complexity index is 565. The second kappa shape index (κ2) is 9.55.